The van der Waals surface area contributed by atoms with Crippen LogP contribution in [0, 0.1) is 0 Å². The molecule has 92 valence electrons. The number of amides is 2. The van der Waals surface area contributed by atoms with Crippen LogP contribution in [0.5, 0.6) is 5.75 Å². The van der Waals surface area contributed by atoms with Crippen molar-refractivity contribution in [1.29, 1.82) is 0 Å². The van der Waals surface area contributed by atoms with Crippen LogP contribution in [0.4, 0.5) is 4.79 Å². The highest BCUT2D eigenvalue weighted by atomic mass is 32.2. The molecule has 0 unspecified atom stereocenters. The zero-order chi connectivity index (χ0) is 13.3. The van der Waals surface area contributed by atoms with Gasteiger partial charge in [0, 0.05) is 0 Å². The third-order valence-corrected chi connectivity index (χ3v) is 3.00. The van der Waals surface area contributed by atoms with Gasteiger partial charge in [0.25, 0.3) is 11.1 Å². The first kappa shape index (κ1) is 12.2. The predicted molar refractivity (Wildman–Crippen MR) is 64.2 cm³/mol. The van der Waals surface area contributed by atoms with Crippen LogP contribution >= 0.6 is 11.8 Å². The van der Waals surface area contributed by atoms with Crippen LogP contribution in [0.25, 0.3) is 6.08 Å². The van der Waals surface area contributed by atoms with E-state index in [0.29, 0.717) is 5.56 Å². The molecule has 1 fully saturated rings. The fourth-order valence-electron chi connectivity index (χ4n) is 1.39. The fraction of sp³-hybridized carbons (Fsp3) is 0. The van der Waals surface area contributed by atoms with Crippen molar-refractivity contribution >= 4 is 35.0 Å². The summed E-state index contributed by atoms with van der Waals surface area (Å²) in [4.78, 5) is 33.2. The molecule has 1 saturated heterocycles. The Kier molecular flexibility index (Phi) is 3.07. The van der Waals surface area contributed by atoms with Gasteiger partial charge < -0.3 is 10.2 Å². The minimum absolute atomic E-state index is 0.182. The van der Waals surface area contributed by atoms with Gasteiger partial charge in [-0.2, -0.15) is 0 Å². The van der Waals surface area contributed by atoms with Gasteiger partial charge in [0.05, 0.1) is 4.91 Å². The number of imide groups is 1. The van der Waals surface area contributed by atoms with Gasteiger partial charge in [-0.15, -0.1) is 0 Å². The topological polar surface area (TPSA) is 104 Å². The van der Waals surface area contributed by atoms with Crippen LogP contribution < -0.4 is 5.32 Å². The number of hydrogen-bond donors (Lipinski definition) is 3. The van der Waals surface area contributed by atoms with Crippen LogP contribution in [0.15, 0.2) is 23.1 Å². The third-order valence-electron chi connectivity index (χ3n) is 2.19. The molecule has 1 aliphatic rings. The van der Waals surface area contributed by atoms with Crippen molar-refractivity contribution in [2.45, 2.75) is 0 Å². The summed E-state index contributed by atoms with van der Waals surface area (Å²) in [6.07, 6.45) is 1.39. The van der Waals surface area contributed by atoms with Gasteiger partial charge in [-0.05, 0) is 35.5 Å². The minimum atomic E-state index is -1.27. The average molecular weight is 265 g/mol. The summed E-state index contributed by atoms with van der Waals surface area (Å²) in [7, 11) is 0. The number of phenols is 1. The largest absolute Gasteiger partial charge is 0.507 e. The van der Waals surface area contributed by atoms with E-state index in [1.807, 2.05) is 0 Å². The van der Waals surface area contributed by atoms with Crippen molar-refractivity contribution in [2.24, 2.45) is 0 Å². The van der Waals surface area contributed by atoms with E-state index in [2.05, 4.69) is 5.32 Å². The van der Waals surface area contributed by atoms with Crippen LogP contribution in [0.1, 0.15) is 15.9 Å². The summed E-state index contributed by atoms with van der Waals surface area (Å²) in [6, 6.07) is 3.89. The summed E-state index contributed by atoms with van der Waals surface area (Å²) in [5.41, 5.74) is 0.150. The molecule has 1 aliphatic heterocycles. The third kappa shape index (κ3) is 2.35. The summed E-state index contributed by atoms with van der Waals surface area (Å²) < 4.78 is 0. The smallest absolute Gasteiger partial charge is 0.339 e. The first-order valence-electron chi connectivity index (χ1n) is 4.78. The van der Waals surface area contributed by atoms with Gasteiger partial charge in [-0.3, -0.25) is 14.9 Å². The van der Waals surface area contributed by atoms with Crippen molar-refractivity contribution in [2.75, 3.05) is 0 Å². The molecule has 18 heavy (non-hydrogen) atoms. The Balaban J connectivity index is 2.38. The molecule has 6 nitrogen and oxygen atoms in total. The highest BCUT2D eigenvalue weighted by Crippen LogP contribution is 2.27. The number of hydrogen-bond acceptors (Lipinski definition) is 5. The number of carbonyl (C=O) groups is 3. The molecule has 1 aromatic carbocycles. The monoisotopic (exact) mass is 265 g/mol. The highest BCUT2D eigenvalue weighted by molar-refractivity contribution is 8.18. The Hall–Kier alpha value is -2.28. The van der Waals surface area contributed by atoms with Gasteiger partial charge in [-0.1, -0.05) is 6.07 Å². The molecule has 1 heterocycles. The molecule has 0 saturated carbocycles. The molecule has 0 aliphatic carbocycles. The first-order valence-corrected chi connectivity index (χ1v) is 5.60. The number of rotatable bonds is 2. The molecule has 2 rings (SSSR count). The van der Waals surface area contributed by atoms with Crippen molar-refractivity contribution in [3.05, 3.63) is 34.2 Å². The number of carboxylic acid groups (broad SMARTS) is 1. The van der Waals surface area contributed by atoms with Crippen molar-refractivity contribution < 1.29 is 24.6 Å². The van der Waals surface area contributed by atoms with Gasteiger partial charge >= 0.3 is 5.97 Å². The molecule has 0 spiro atoms. The Morgan fingerprint density at radius 2 is 2.06 bits per heavy atom. The van der Waals surface area contributed by atoms with E-state index in [1.165, 1.54) is 24.3 Å². The first-order chi connectivity index (χ1) is 8.47. The molecule has 2 amide bonds. The molecular formula is C11H7NO5S. The normalized spacial score (nSPS) is 17.0. The zero-order valence-corrected chi connectivity index (χ0v) is 9.65. The van der Waals surface area contributed by atoms with Crippen LogP contribution in [0.3, 0.4) is 0 Å². The summed E-state index contributed by atoms with van der Waals surface area (Å²) in [5.74, 6) is -2.15. The van der Waals surface area contributed by atoms with E-state index in [4.69, 9.17) is 5.11 Å². The second-order valence-electron chi connectivity index (χ2n) is 3.43. The Morgan fingerprint density at radius 1 is 1.33 bits per heavy atom. The number of thioether (sulfide) groups is 1. The summed E-state index contributed by atoms with van der Waals surface area (Å²) in [6.45, 7) is 0. The number of nitrogens with one attached hydrogen (secondary N) is 1. The Bertz CT molecular complexity index is 593. The second kappa shape index (κ2) is 4.53. The molecular weight excluding hydrogens is 258 g/mol. The number of aromatic carboxylic acids is 1. The summed E-state index contributed by atoms with van der Waals surface area (Å²) in [5, 5.41) is 19.8. The van der Waals surface area contributed by atoms with Crippen LogP contribution in [-0.4, -0.2) is 27.3 Å². The lowest BCUT2D eigenvalue weighted by Gasteiger charge is -2.01. The number of benzene rings is 1. The highest BCUT2D eigenvalue weighted by Gasteiger charge is 2.25. The van der Waals surface area contributed by atoms with Crippen LogP contribution in [-0.2, 0) is 4.79 Å². The van der Waals surface area contributed by atoms with Gasteiger partial charge in [0.1, 0.15) is 11.3 Å². The van der Waals surface area contributed by atoms with E-state index in [0.717, 1.165) is 11.8 Å². The number of carbonyl (C=O) groups excluding carboxylic acids is 2. The molecule has 1 aromatic rings. The van der Waals surface area contributed by atoms with E-state index in [1.54, 1.807) is 0 Å². The van der Waals surface area contributed by atoms with E-state index in [-0.39, 0.29) is 16.2 Å². The second-order valence-corrected chi connectivity index (χ2v) is 4.45. The molecule has 0 radical (unpaired) electrons. The van der Waals surface area contributed by atoms with Crippen molar-refractivity contribution in [1.82, 2.24) is 5.32 Å². The predicted octanol–water partition coefficient (Wildman–Crippen LogP) is 1.41. The number of aromatic hydroxyl groups is 1. The lowest BCUT2D eigenvalue weighted by molar-refractivity contribution is -0.115. The van der Waals surface area contributed by atoms with Gasteiger partial charge in [0.15, 0.2) is 0 Å². The molecule has 0 atom stereocenters. The van der Waals surface area contributed by atoms with Gasteiger partial charge in [-0.25, -0.2) is 4.79 Å². The van der Waals surface area contributed by atoms with Crippen LogP contribution in [0.2, 0.25) is 0 Å². The van der Waals surface area contributed by atoms with Gasteiger partial charge in [0.2, 0.25) is 0 Å². The quantitative estimate of drug-likeness (QED) is 0.698. The lowest BCUT2D eigenvalue weighted by Crippen LogP contribution is -2.17. The van der Waals surface area contributed by atoms with E-state index >= 15 is 0 Å². The minimum Gasteiger partial charge on any atom is -0.507 e. The summed E-state index contributed by atoms with van der Waals surface area (Å²) >= 11 is 0.739. The fourth-order valence-corrected chi connectivity index (χ4v) is 2.07. The Labute approximate surface area is 105 Å². The molecule has 7 heteroatoms. The maximum absolute atomic E-state index is 11.3. The molecule has 0 aromatic heterocycles. The molecule has 3 N–H and O–H groups in total. The van der Waals surface area contributed by atoms with Crippen molar-refractivity contribution in [3.8, 4) is 5.75 Å². The zero-order valence-electron chi connectivity index (χ0n) is 8.84. The average Bonchev–Trinajstić information content (AvgIpc) is 2.60. The number of carboxylic acids is 1. The van der Waals surface area contributed by atoms with Crippen molar-refractivity contribution in [3.63, 3.8) is 0 Å². The standard InChI is InChI=1S/C11H7NO5S/c13-7-2-1-5(3-6(7)10(15)16)4-8-9(14)12-11(17)18-8/h1-4,13H,(H,15,16)(H,12,14,17)/b8-4-. The lowest BCUT2D eigenvalue weighted by atomic mass is 10.1. The maximum atomic E-state index is 11.3. The SMILES string of the molecule is O=C1NC(=O)/C(=C/c2ccc(O)c(C(=O)O)c2)S1. The van der Waals surface area contributed by atoms with E-state index < -0.39 is 17.1 Å². The maximum Gasteiger partial charge on any atom is 0.339 e. The molecule has 0 bridgehead atoms. The van der Waals surface area contributed by atoms with E-state index in [9.17, 15) is 19.5 Å². The Morgan fingerprint density at radius 3 is 2.61 bits per heavy atom.